The lowest BCUT2D eigenvalue weighted by Gasteiger charge is -2.12. The minimum Gasteiger partial charge on any atom is -0.340 e. The van der Waals surface area contributed by atoms with Gasteiger partial charge in [0.2, 0.25) is 0 Å². The van der Waals surface area contributed by atoms with Crippen LogP contribution in [0.25, 0.3) is 21.8 Å². The number of aromatic nitrogens is 3. The average Bonchev–Trinajstić information content (AvgIpc) is 3.10. The molecular formula is C29H27BrN4O. The summed E-state index contributed by atoms with van der Waals surface area (Å²) in [6.07, 6.45) is 1.81. The van der Waals surface area contributed by atoms with Crippen LogP contribution in [0.3, 0.4) is 0 Å². The third-order valence-corrected chi connectivity index (χ3v) is 6.89. The van der Waals surface area contributed by atoms with Crippen molar-refractivity contribution < 1.29 is 0 Å². The summed E-state index contributed by atoms with van der Waals surface area (Å²) in [5, 5.41) is 6.36. The SMILES string of the molecule is Cc1ccc(Cn2c(C)c(C=Nn3c(C(C)C)nc4ccc(Br)cc4c3=O)c3ccccc32)cc1. The van der Waals surface area contributed by atoms with Gasteiger partial charge in [-0.15, -0.1) is 0 Å². The van der Waals surface area contributed by atoms with E-state index < -0.39 is 0 Å². The molecule has 6 heteroatoms. The van der Waals surface area contributed by atoms with Crippen LogP contribution in [0.2, 0.25) is 0 Å². The van der Waals surface area contributed by atoms with Crippen LogP contribution in [0.5, 0.6) is 0 Å². The van der Waals surface area contributed by atoms with E-state index in [2.05, 4.69) is 76.8 Å². The molecule has 0 spiro atoms. The number of benzene rings is 3. The molecule has 0 N–H and O–H groups in total. The Balaban J connectivity index is 1.65. The standard InChI is InChI=1S/C29H27BrN4O/c1-18(2)28-32-26-14-13-22(30)15-24(26)29(35)34(28)31-16-25-20(4)33(27-8-6-5-7-23(25)27)17-21-11-9-19(3)10-12-21/h5-16,18H,17H2,1-4H3. The monoisotopic (exact) mass is 526 g/mol. The smallest absolute Gasteiger partial charge is 0.282 e. The summed E-state index contributed by atoms with van der Waals surface area (Å²) >= 11 is 3.47. The predicted octanol–water partition coefficient (Wildman–Crippen LogP) is 6.78. The highest BCUT2D eigenvalue weighted by molar-refractivity contribution is 9.10. The van der Waals surface area contributed by atoms with Gasteiger partial charge in [-0.1, -0.05) is 77.8 Å². The molecule has 0 fully saturated rings. The molecule has 0 aliphatic carbocycles. The van der Waals surface area contributed by atoms with Crippen LogP contribution < -0.4 is 5.56 Å². The van der Waals surface area contributed by atoms with Gasteiger partial charge >= 0.3 is 0 Å². The topological polar surface area (TPSA) is 52.2 Å². The van der Waals surface area contributed by atoms with Crippen molar-refractivity contribution in [1.29, 1.82) is 0 Å². The van der Waals surface area contributed by atoms with E-state index in [0.29, 0.717) is 16.7 Å². The van der Waals surface area contributed by atoms with Crippen molar-refractivity contribution in [3.8, 4) is 0 Å². The van der Waals surface area contributed by atoms with E-state index >= 15 is 0 Å². The first-order valence-corrected chi connectivity index (χ1v) is 12.5. The van der Waals surface area contributed by atoms with E-state index in [1.807, 2.05) is 38.3 Å². The zero-order chi connectivity index (χ0) is 24.7. The summed E-state index contributed by atoms with van der Waals surface area (Å²) in [4.78, 5) is 18.2. The molecule has 0 aliphatic heterocycles. The Hall–Kier alpha value is -3.51. The number of hydrogen-bond acceptors (Lipinski definition) is 3. The minimum absolute atomic E-state index is 0.0388. The molecule has 176 valence electrons. The largest absolute Gasteiger partial charge is 0.340 e. The van der Waals surface area contributed by atoms with E-state index in [9.17, 15) is 4.79 Å². The van der Waals surface area contributed by atoms with Crippen molar-refractivity contribution in [3.05, 3.63) is 110 Å². The van der Waals surface area contributed by atoms with E-state index in [4.69, 9.17) is 10.1 Å². The highest BCUT2D eigenvalue weighted by atomic mass is 79.9. The molecule has 2 heterocycles. The molecule has 0 amide bonds. The third-order valence-electron chi connectivity index (χ3n) is 6.39. The first-order valence-electron chi connectivity index (χ1n) is 11.7. The van der Waals surface area contributed by atoms with E-state index in [1.54, 1.807) is 6.07 Å². The normalized spacial score (nSPS) is 11.9. The van der Waals surface area contributed by atoms with Gasteiger partial charge in [0.1, 0.15) is 5.82 Å². The maximum atomic E-state index is 13.4. The molecule has 0 radical (unpaired) electrons. The predicted molar refractivity (Wildman–Crippen MR) is 148 cm³/mol. The average molecular weight is 527 g/mol. The Kier molecular flexibility index (Phi) is 6.15. The Morgan fingerprint density at radius 3 is 2.49 bits per heavy atom. The number of hydrogen-bond donors (Lipinski definition) is 0. The first kappa shape index (κ1) is 23.2. The third kappa shape index (κ3) is 4.34. The number of para-hydroxylation sites is 1. The van der Waals surface area contributed by atoms with Crippen LogP contribution in [0.1, 0.15) is 48.0 Å². The van der Waals surface area contributed by atoms with Gasteiger partial charge in [-0.25, -0.2) is 4.98 Å². The van der Waals surface area contributed by atoms with Crippen molar-refractivity contribution in [2.24, 2.45) is 5.10 Å². The van der Waals surface area contributed by atoms with Gasteiger partial charge in [0.15, 0.2) is 0 Å². The molecule has 0 saturated carbocycles. The molecule has 0 saturated heterocycles. The Bertz CT molecular complexity index is 1640. The lowest BCUT2D eigenvalue weighted by Crippen LogP contribution is -2.23. The van der Waals surface area contributed by atoms with Crippen LogP contribution >= 0.6 is 15.9 Å². The highest BCUT2D eigenvalue weighted by Gasteiger charge is 2.16. The van der Waals surface area contributed by atoms with Gasteiger partial charge in [0.25, 0.3) is 5.56 Å². The summed E-state index contributed by atoms with van der Waals surface area (Å²) in [6, 6.07) is 22.5. The van der Waals surface area contributed by atoms with Gasteiger partial charge in [-0.05, 0) is 43.7 Å². The zero-order valence-electron chi connectivity index (χ0n) is 20.3. The molecule has 5 rings (SSSR count). The van der Waals surface area contributed by atoms with Crippen LogP contribution in [-0.4, -0.2) is 20.4 Å². The number of halogens is 1. The minimum atomic E-state index is -0.169. The maximum Gasteiger partial charge on any atom is 0.282 e. The summed E-state index contributed by atoms with van der Waals surface area (Å²) in [7, 11) is 0. The fourth-order valence-corrected chi connectivity index (χ4v) is 4.83. The number of nitrogens with zero attached hydrogens (tertiary/aromatic N) is 4. The summed E-state index contributed by atoms with van der Waals surface area (Å²) in [6.45, 7) is 9.03. The molecule has 35 heavy (non-hydrogen) atoms. The Morgan fingerprint density at radius 2 is 1.74 bits per heavy atom. The second-order valence-corrected chi connectivity index (χ2v) is 10.2. The molecule has 2 aromatic heterocycles. The number of fused-ring (bicyclic) bond motifs is 2. The van der Waals surface area contributed by atoms with Crippen LogP contribution in [0.4, 0.5) is 0 Å². The van der Waals surface area contributed by atoms with E-state index in [0.717, 1.165) is 33.2 Å². The van der Waals surface area contributed by atoms with Gasteiger partial charge in [0.05, 0.1) is 17.1 Å². The number of aryl methyl sites for hydroxylation is 1. The van der Waals surface area contributed by atoms with Gasteiger partial charge in [-0.2, -0.15) is 9.78 Å². The van der Waals surface area contributed by atoms with Crippen molar-refractivity contribution in [2.75, 3.05) is 0 Å². The molecule has 0 atom stereocenters. The molecule has 3 aromatic carbocycles. The van der Waals surface area contributed by atoms with Crippen molar-refractivity contribution in [3.63, 3.8) is 0 Å². The molecule has 5 aromatic rings. The highest BCUT2D eigenvalue weighted by Crippen LogP contribution is 2.26. The second kappa shape index (κ2) is 9.27. The number of rotatable bonds is 5. The Morgan fingerprint density at radius 1 is 1.00 bits per heavy atom. The van der Waals surface area contributed by atoms with Crippen LogP contribution in [0.15, 0.2) is 81.1 Å². The quantitative estimate of drug-likeness (QED) is 0.237. The summed E-state index contributed by atoms with van der Waals surface area (Å²) < 4.78 is 4.60. The Labute approximate surface area is 212 Å². The van der Waals surface area contributed by atoms with Gasteiger partial charge in [-0.3, -0.25) is 4.79 Å². The van der Waals surface area contributed by atoms with Crippen molar-refractivity contribution >= 4 is 44.0 Å². The fraction of sp³-hybridized carbons (Fsp3) is 0.207. The second-order valence-electron chi connectivity index (χ2n) is 9.24. The molecule has 0 aliphatic rings. The molecular weight excluding hydrogens is 500 g/mol. The maximum absolute atomic E-state index is 13.4. The van der Waals surface area contributed by atoms with Crippen LogP contribution in [-0.2, 0) is 6.54 Å². The molecule has 0 bridgehead atoms. The zero-order valence-corrected chi connectivity index (χ0v) is 21.9. The van der Waals surface area contributed by atoms with Gasteiger partial charge < -0.3 is 4.57 Å². The van der Waals surface area contributed by atoms with E-state index in [1.165, 1.54) is 15.8 Å². The van der Waals surface area contributed by atoms with Gasteiger partial charge in [0, 0.05) is 39.1 Å². The molecule has 5 nitrogen and oxygen atoms in total. The lowest BCUT2D eigenvalue weighted by molar-refractivity contribution is 0.665. The lowest BCUT2D eigenvalue weighted by atomic mass is 10.1. The fourth-order valence-electron chi connectivity index (χ4n) is 4.47. The van der Waals surface area contributed by atoms with Crippen molar-refractivity contribution in [1.82, 2.24) is 14.2 Å². The van der Waals surface area contributed by atoms with E-state index in [-0.39, 0.29) is 11.5 Å². The summed E-state index contributed by atoms with van der Waals surface area (Å²) in [5.41, 5.74) is 6.25. The van der Waals surface area contributed by atoms with Crippen molar-refractivity contribution in [2.45, 2.75) is 40.2 Å². The summed E-state index contributed by atoms with van der Waals surface area (Å²) in [5.74, 6) is 0.680. The molecule has 0 unspecified atom stereocenters. The first-order chi connectivity index (χ1) is 16.8. The van der Waals surface area contributed by atoms with Crippen LogP contribution in [0, 0.1) is 13.8 Å².